The third kappa shape index (κ3) is 3.94. The minimum Gasteiger partial charge on any atom is -0.504 e. The van der Waals surface area contributed by atoms with Crippen LogP contribution in [0, 0.1) is 6.92 Å². The number of hydrogen-bond acceptors (Lipinski definition) is 5. The Morgan fingerprint density at radius 1 is 1.12 bits per heavy atom. The van der Waals surface area contributed by atoms with Crippen molar-refractivity contribution in [3.05, 3.63) is 23.3 Å². The van der Waals surface area contributed by atoms with Gasteiger partial charge in [-0.2, -0.15) is 5.06 Å². The lowest BCUT2D eigenvalue weighted by atomic mass is 9.79. The molecule has 1 aromatic rings. The van der Waals surface area contributed by atoms with Crippen LogP contribution in [-0.2, 0) is 0 Å². The van der Waals surface area contributed by atoms with Gasteiger partial charge in [0.15, 0.2) is 11.5 Å². The van der Waals surface area contributed by atoms with E-state index in [1.165, 1.54) is 17.2 Å². The molecule has 0 unspecified atom stereocenters. The van der Waals surface area contributed by atoms with Gasteiger partial charge in [-0.15, -0.1) is 12.4 Å². The summed E-state index contributed by atoms with van der Waals surface area (Å²) < 4.78 is 0. The molecule has 136 valence electrons. The Morgan fingerprint density at radius 3 is 2.08 bits per heavy atom. The van der Waals surface area contributed by atoms with E-state index in [4.69, 9.17) is 0 Å². The molecular formula is C17H27ClN2O4. The largest absolute Gasteiger partial charge is 0.504 e. The summed E-state index contributed by atoms with van der Waals surface area (Å²) in [6.07, 6.45) is 1.23. The average Bonchev–Trinajstić information content (AvgIpc) is 2.39. The van der Waals surface area contributed by atoms with Crippen LogP contribution >= 0.6 is 12.4 Å². The second-order valence-corrected chi connectivity index (χ2v) is 7.67. The van der Waals surface area contributed by atoms with Gasteiger partial charge in [0.05, 0.1) is 0 Å². The number of piperidine rings is 1. The lowest BCUT2D eigenvalue weighted by Gasteiger charge is -2.51. The fourth-order valence-electron chi connectivity index (χ4n) is 3.56. The molecule has 0 aliphatic carbocycles. The van der Waals surface area contributed by atoms with Gasteiger partial charge in [-0.1, -0.05) is 0 Å². The van der Waals surface area contributed by atoms with E-state index < -0.39 is 11.1 Å². The molecule has 0 bridgehead atoms. The first-order valence-electron chi connectivity index (χ1n) is 7.77. The number of rotatable bonds is 2. The number of phenols is 2. The molecule has 1 aliphatic rings. The number of amides is 1. The lowest BCUT2D eigenvalue weighted by molar-refractivity contribution is -0.245. The van der Waals surface area contributed by atoms with Crippen LogP contribution in [0.4, 0.5) is 0 Å². The summed E-state index contributed by atoms with van der Waals surface area (Å²) in [5.74, 6) is -0.845. The number of halogens is 1. The highest BCUT2D eigenvalue weighted by molar-refractivity contribution is 5.96. The first-order chi connectivity index (χ1) is 10.4. The summed E-state index contributed by atoms with van der Waals surface area (Å²) in [5.41, 5.74) is 0.0239. The summed E-state index contributed by atoms with van der Waals surface area (Å²) in [5, 5.41) is 33.7. The van der Waals surface area contributed by atoms with Gasteiger partial charge in [0.1, 0.15) is 0 Å². The average molecular weight is 359 g/mol. The highest BCUT2D eigenvalue weighted by Gasteiger charge is 2.45. The third-order valence-electron chi connectivity index (χ3n) is 4.54. The molecule has 1 aliphatic heterocycles. The highest BCUT2D eigenvalue weighted by atomic mass is 35.5. The van der Waals surface area contributed by atoms with E-state index in [-0.39, 0.29) is 35.9 Å². The minimum absolute atomic E-state index is 0. The van der Waals surface area contributed by atoms with E-state index in [2.05, 4.69) is 5.32 Å². The van der Waals surface area contributed by atoms with Gasteiger partial charge in [-0.25, -0.2) is 0 Å². The van der Waals surface area contributed by atoms with Crippen LogP contribution in [0.1, 0.15) is 56.5 Å². The van der Waals surface area contributed by atoms with Crippen LogP contribution in [0.2, 0.25) is 0 Å². The zero-order chi connectivity index (χ0) is 17.6. The monoisotopic (exact) mass is 358 g/mol. The predicted molar refractivity (Wildman–Crippen MR) is 94.0 cm³/mol. The van der Waals surface area contributed by atoms with Crippen molar-refractivity contribution in [3.63, 3.8) is 0 Å². The molecule has 0 spiro atoms. The number of carbonyl (C=O) groups excluding carboxylic acids is 1. The Balaban J connectivity index is 0.00000288. The molecule has 1 fully saturated rings. The second-order valence-electron chi connectivity index (χ2n) is 7.67. The molecular weight excluding hydrogens is 332 g/mol. The van der Waals surface area contributed by atoms with Crippen molar-refractivity contribution in [3.8, 4) is 11.5 Å². The molecule has 0 atom stereocenters. The SMILES string of the molecule is Cc1cc(O)c(O)cc1C(=O)NC1CC(C)(C)N(O)C(C)(C)C1.Cl. The van der Waals surface area contributed by atoms with Crippen LogP contribution < -0.4 is 5.32 Å². The highest BCUT2D eigenvalue weighted by Crippen LogP contribution is 2.37. The maximum absolute atomic E-state index is 12.5. The zero-order valence-electron chi connectivity index (χ0n) is 14.8. The predicted octanol–water partition coefficient (Wildman–Crippen LogP) is 2.97. The first kappa shape index (κ1) is 20.5. The van der Waals surface area contributed by atoms with E-state index in [1.54, 1.807) is 6.92 Å². The topological polar surface area (TPSA) is 93.0 Å². The van der Waals surface area contributed by atoms with Gasteiger partial charge in [0.25, 0.3) is 5.91 Å². The van der Waals surface area contributed by atoms with Crippen molar-refractivity contribution in [2.24, 2.45) is 0 Å². The van der Waals surface area contributed by atoms with E-state index in [0.29, 0.717) is 24.0 Å². The standard InChI is InChI=1S/C17H26N2O4.ClH/c1-10-6-13(20)14(21)7-12(10)15(22)18-11-8-16(2,3)19(23)17(4,5)9-11;/h6-7,11,20-21,23H,8-9H2,1-5H3,(H,18,22);1H. The molecule has 0 aromatic heterocycles. The number of carbonyl (C=O) groups is 1. The molecule has 6 nitrogen and oxygen atoms in total. The van der Waals surface area contributed by atoms with Crippen LogP contribution in [-0.4, -0.2) is 43.5 Å². The third-order valence-corrected chi connectivity index (χ3v) is 4.54. The fourth-order valence-corrected chi connectivity index (χ4v) is 3.56. The molecule has 24 heavy (non-hydrogen) atoms. The summed E-state index contributed by atoms with van der Waals surface area (Å²) in [7, 11) is 0. The van der Waals surface area contributed by atoms with Crippen LogP contribution in [0.15, 0.2) is 12.1 Å². The van der Waals surface area contributed by atoms with Gasteiger partial charge in [-0.05, 0) is 65.2 Å². The maximum Gasteiger partial charge on any atom is 0.251 e. The van der Waals surface area contributed by atoms with Gasteiger partial charge in [0, 0.05) is 22.7 Å². The van der Waals surface area contributed by atoms with Crippen LogP contribution in [0.25, 0.3) is 0 Å². The number of aryl methyl sites for hydroxylation is 1. The number of phenolic OH excluding ortho intramolecular Hbond substituents is 2. The number of nitrogens with one attached hydrogen (secondary N) is 1. The van der Waals surface area contributed by atoms with Gasteiger partial charge in [-0.3, -0.25) is 4.79 Å². The van der Waals surface area contributed by atoms with Crippen LogP contribution in [0.3, 0.4) is 0 Å². The molecule has 1 heterocycles. The van der Waals surface area contributed by atoms with E-state index in [1.807, 2.05) is 27.7 Å². The van der Waals surface area contributed by atoms with Gasteiger partial charge in [0.2, 0.25) is 0 Å². The van der Waals surface area contributed by atoms with E-state index >= 15 is 0 Å². The number of benzene rings is 1. The number of aromatic hydroxyl groups is 2. The Kier molecular flexibility index (Phi) is 5.81. The maximum atomic E-state index is 12.5. The van der Waals surface area contributed by atoms with E-state index in [9.17, 15) is 20.2 Å². The second kappa shape index (κ2) is 6.78. The summed E-state index contributed by atoms with van der Waals surface area (Å²) in [6.45, 7) is 9.45. The van der Waals surface area contributed by atoms with Crippen molar-refractivity contribution in [2.75, 3.05) is 0 Å². The Labute approximate surface area is 148 Å². The molecule has 2 rings (SSSR count). The number of nitrogens with zero attached hydrogens (tertiary/aromatic N) is 1. The van der Waals surface area contributed by atoms with Crippen molar-refractivity contribution < 1.29 is 20.2 Å². The first-order valence-corrected chi connectivity index (χ1v) is 7.77. The Morgan fingerprint density at radius 2 is 1.58 bits per heavy atom. The van der Waals surface area contributed by atoms with Crippen molar-refractivity contribution in [1.29, 1.82) is 0 Å². The number of hydroxylamine groups is 2. The molecule has 1 aromatic carbocycles. The smallest absolute Gasteiger partial charge is 0.251 e. The van der Waals surface area contributed by atoms with E-state index in [0.717, 1.165) is 0 Å². The molecule has 7 heteroatoms. The molecule has 1 saturated heterocycles. The van der Waals surface area contributed by atoms with Crippen molar-refractivity contribution in [2.45, 2.75) is 64.6 Å². The Hall–Kier alpha value is -1.50. The quantitative estimate of drug-likeness (QED) is 0.610. The summed E-state index contributed by atoms with van der Waals surface area (Å²) in [6, 6.07) is 2.55. The number of hydrogen-bond donors (Lipinski definition) is 4. The Bertz CT molecular complexity index is 613. The molecule has 4 N–H and O–H groups in total. The molecule has 0 radical (unpaired) electrons. The lowest BCUT2D eigenvalue weighted by Crippen LogP contribution is -2.62. The van der Waals surface area contributed by atoms with Gasteiger partial charge >= 0.3 is 0 Å². The van der Waals surface area contributed by atoms with Crippen LogP contribution in [0.5, 0.6) is 11.5 Å². The minimum atomic E-state index is -0.453. The van der Waals surface area contributed by atoms with Crippen molar-refractivity contribution >= 4 is 18.3 Å². The van der Waals surface area contributed by atoms with Gasteiger partial charge < -0.3 is 20.7 Å². The normalized spacial score (nSPS) is 20.2. The molecule has 1 amide bonds. The molecule has 0 saturated carbocycles. The zero-order valence-corrected chi connectivity index (χ0v) is 15.6. The van der Waals surface area contributed by atoms with Crippen molar-refractivity contribution in [1.82, 2.24) is 10.4 Å². The summed E-state index contributed by atoms with van der Waals surface area (Å²) >= 11 is 0. The fraction of sp³-hybridized carbons (Fsp3) is 0.588. The summed E-state index contributed by atoms with van der Waals surface area (Å²) in [4.78, 5) is 12.5.